The Morgan fingerprint density at radius 2 is 2.15 bits per heavy atom. The Labute approximate surface area is 158 Å². The maximum atomic E-state index is 13.4. The van der Waals surface area contributed by atoms with Crippen molar-refractivity contribution in [1.82, 2.24) is 15.3 Å². The zero-order chi connectivity index (χ0) is 19.4. The molecule has 1 unspecified atom stereocenters. The van der Waals surface area contributed by atoms with E-state index in [1.165, 1.54) is 24.4 Å². The lowest BCUT2D eigenvalue weighted by Gasteiger charge is -2.24. The molecule has 0 spiro atoms. The molecule has 150 valence electrons. The van der Waals surface area contributed by atoms with Gasteiger partial charge in [0, 0.05) is 23.1 Å². The number of aromatic nitrogens is 2. The molecule has 3 rings (SSSR count). The zero-order valence-electron chi connectivity index (χ0n) is 14.5. The van der Waals surface area contributed by atoms with Gasteiger partial charge in [0.25, 0.3) is 0 Å². The summed E-state index contributed by atoms with van der Waals surface area (Å²) < 4.78 is 40.1. The van der Waals surface area contributed by atoms with Crippen LogP contribution in [0.5, 0.6) is 0 Å². The number of hydrogen-bond acceptors (Lipinski definition) is 6. The number of hydrogen-bond donors (Lipinski definition) is 3. The third-order valence-electron chi connectivity index (χ3n) is 4.44. The molecule has 1 atom stereocenters. The molecular formula is C18H26F3N5O. The monoisotopic (exact) mass is 385 g/mol. The standard InChI is InChI=1S/C18H20F3N5O.3H2/c19-18(20,21)13-6-7-14(25-10-11-4-1-2-8-23-11)26-15(13)16(27)12-5-3-9-24-17(12)22;;;/h3,5-7,9,11,23H,1-2,4,8,10H2,(H2,22,24)(H,25,26);3*1H. The van der Waals surface area contributed by atoms with Gasteiger partial charge in [-0.3, -0.25) is 4.79 Å². The predicted molar refractivity (Wildman–Crippen MR) is 102 cm³/mol. The minimum absolute atomic E-state index is 0. The highest BCUT2D eigenvalue weighted by Crippen LogP contribution is 2.33. The van der Waals surface area contributed by atoms with Gasteiger partial charge in [-0.25, -0.2) is 9.97 Å². The maximum Gasteiger partial charge on any atom is 0.418 e. The number of nitrogens with two attached hydrogens (primary N) is 1. The van der Waals surface area contributed by atoms with Gasteiger partial charge in [-0.05, 0) is 43.7 Å². The minimum Gasteiger partial charge on any atom is -0.383 e. The molecule has 0 aromatic carbocycles. The molecule has 6 nitrogen and oxygen atoms in total. The van der Waals surface area contributed by atoms with Crippen molar-refractivity contribution in [2.75, 3.05) is 24.1 Å². The fourth-order valence-electron chi connectivity index (χ4n) is 3.02. The number of anilines is 2. The highest BCUT2D eigenvalue weighted by atomic mass is 19.4. The first-order chi connectivity index (χ1) is 12.9. The number of nitrogen functional groups attached to an aromatic ring is 1. The summed E-state index contributed by atoms with van der Waals surface area (Å²) in [5.41, 5.74) is 3.75. The van der Waals surface area contributed by atoms with Crippen molar-refractivity contribution in [2.24, 2.45) is 0 Å². The van der Waals surface area contributed by atoms with E-state index < -0.39 is 23.2 Å². The molecule has 0 bridgehead atoms. The number of pyridine rings is 2. The third-order valence-corrected chi connectivity index (χ3v) is 4.44. The van der Waals surface area contributed by atoms with Gasteiger partial charge in [0.2, 0.25) is 5.78 Å². The Morgan fingerprint density at radius 3 is 2.81 bits per heavy atom. The van der Waals surface area contributed by atoms with Crippen molar-refractivity contribution in [3.8, 4) is 0 Å². The van der Waals surface area contributed by atoms with Crippen LogP contribution in [0, 0.1) is 0 Å². The summed E-state index contributed by atoms with van der Waals surface area (Å²) >= 11 is 0. The van der Waals surface area contributed by atoms with Gasteiger partial charge >= 0.3 is 6.18 Å². The number of rotatable bonds is 5. The molecule has 1 saturated heterocycles. The summed E-state index contributed by atoms with van der Waals surface area (Å²) in [5.74, 6) is -0.837. The fourth-order valence-corrected chi connectivity index (χ4v) is 3.02. The number of carbonyl (C=O) groups is 1. The van der Waals surface area contributed by atoms with E-state index in [-0.39, 0.29) is 27.5 Å². The largest absolute Gasteiger partial charge is 0.418 e. The van der Waals surface area contributed by atoms with E-state index in [0.717, 1.165) is 31.9 Å². The van der Waals surface area contributed by atoms with Crippen molar-refractivity contribution >= 4 is 17.4 Å². The van der Waals surface area contributed by atoms with Crippen molar-refractivity contribution in [3.63, 3.8) is 0 Å². The van der Waals surface area contributed by atoms with E-state index in [9.17, 15) is 18.0 Å². The van der Waals surface area contributed by atoms with Crippen LogP contribution in [0.4, 0.5) is 24.8 Å². The zero-order valence-corrected chi connectivity index (χ0v) is 14.5. The normalized spacial score (nSPS) is 17.5. The molecule has 0 amide bonds. The van der Waals surface area contributed by atoms with Gasteiger partial charge in [0.15, 0.2) is 0 Å². The van der Waals surface area contributed by atoms with E-state index in [4.69, 9.17) is 5.73 Å². The van der Waals surface area contributed by atoms with Gasteiger partial charge in [-0.2, -0.15) is 13.2 Å². The van der Waals surface area contributed by atoms with E-state index in [1.54, 1.807) is 0 Å². The van der Waals surface area contributed by atoms with Gasteiger partial charge in [-0.15, -0.1) is 0 Å². The topological polar surface area (TPSA) is 92.9 Å². The molecule has 3 heterocycles. The number of nitrogens with one attached hydrogen (secondary N) is 2. The molecule has 0 saturated carbocycles. The third kappa shape index (κ3) is 4.54. The van der Waals surface area contributed by atoms with Gasteiger partial charge in [0.05, 0.1) is 11.1 Å². The first-order valence-corrected chi connectivity index (χ1v) is 8.67. The van der Waals surface area contributed by atoms with E-state index in [1.807, 2.05) is 0 Å². The van der Waals surface area contributed by atoms with Crippen molar-refractivity contribution < 1.29 is 22.2 Å². The van der Waals surface area contributed by atoms with Crippen molar-refractivity contribution in [1.29, 1.82) is 0 Å². The van der Waals surface area contributed by atoms with Crippen molar-refractivity contribution in [3.05, 3.63) is 47.3 Å². The SMILES string of the molecule is Nc1ncccc1C(=O)c1nc(NCC2CCCCN2)ccc1C(F)(F)F.[HH].[HH].[HH]. The molecule has 0 radical (unpaired) electrons. The second kappa shape index (κ2) is 7.91. The van der Waals surface area contributed by atoms with E-state index in [2.05, 4.69) is 20.6 Å². The number of halogens is 3. The van der Waals surface area contributed by atoms with E-state index >= 15 is 0 Å². The molecule has 0 aliphatic carbocycles. The Kier molecular flexibility index (Phi) is 5.59. The number of nitrogens with zero attached hydrogens (tertiary/aromatic N) is 2. The molecule has 9 heteroatoms. The molecule has 1 aliphatic rings. The summed E-state index contributed by atoms with van der Waals surface area (Å²) in [4.78, 5) is 20.4. The maximum absolute atomic E-state index is 13.4. The molecule has 4 N–H and O–H groups in total. The number of alkyl halides is 3. The summed E-state index contributed by atoms with van der Waals surface area (Å²) in [6.45, 7) is 1.43. The highest BCUT2D eigenvalue weighted by molar-refractivity contribution is 6.11. The Morgan fingerprint density at radius 1 is 1.33 bits per heavy atom. The number of piperidine rings is 1. The molecular weight excluding hydrogens is 359 g/mol. The summed E-state index contributed by atoms with van der Waals surface area (Å²) in [6, 6.07) is 5.08. The van der Waals surface area contributed by atoms with Crippen LogP contribution in [0.15, 0.2) is 30.5 Å². The van der Waals surface area contributed by atoms with Crippen LogP contribution in [0.3, 0.4) is 0 Å². The summed E-state index contributed by atoms with van der Waals surface area (Å²) in [5, 5.41) is 6.35. The van der Waals surface area contributed by atoms with Crippen LogP contribution in [-0.2, 0) is 6.18 Å². The molecule has 27 heavy (non-hydrogen) atoms. The quantitative estimate of drug-likeness (QED) is 0.681. The average Bonchev–Trinajstić information content (AvgIpc) is 2.66. The fraction of sp³-hybridized carbons (Fsp3) is 0.389. The highest BCUT2D eigenvalue weighted by Gasteiger charge is 2.37. The van der Waals surface area contributed by atoms with Crippen LogP contribution in [0.25, 0.3) is 0 Å². The lowest BCUT2D eigenvalue weighted by molar-refractivity contribution is -0.138. The number of carbonyl (C=O) groups excluding carboxylic acids is 1. The van der Waals surface area contributed by atoms with Gasteiger partial charge in [-0.1, -0.05) is 6.42 Å². The van der Waals surface area contributed by atoms with Crippen LogP contribution in [-0.4, -0.2) is 34.9 Å². The van der Waals surface area contributed by atoms with E-state index in [0.29, 0.717) is 6.54 Å². The Balaban J connectivity index is 0.00000280. The van der Waals surface area contributed by atoms with Crippen LogP contribution in [0.2, 0.25) is 0 Å². The Hall–Kier alpha value is -2.68. The number of ketones is 1. The second-order valence-corrected chi connectivity index (χ2v) is 6.38. The Bertz CT molecular complexity index is 833. The van der Waals surface area contributed by atoms with Crippen molar-refractivity contribution in [2.45, 2.75) is 31.5 Å². The summed E-state index contributed by atoms with van der Waals surface area (Å²) in [6.07, 6.45) is -0.159. The molecule has 2 aromatic rings. The van der Waals surface area contributed by atoms with Crippen LogP contribution in [0.1, 0.15) is 45.2 Å². The molecule has 1 aliphatic heterocycles. The van der Waals surface area contributed by atoms with Crippen LogP contribution < -0.4 is 16.4 Å². The lowest BCUT2D eigenvalue weighted by atomic mass is 10.0. The lowest BCUT2D eigenvalue weighted by Crippen LogP contribution is -2.39. The average molecular weight is 385 g/mol. The predicted octanol–water partition coefficient (Wildman–Crippen LogP) is 3.60. The first kappa shape index (κ1) is 19.1. The smallest absolute Gasteiger partial charge is 0.383 e. The van der Waals surface area contributed by atoms with Gasteiger partial charge < -0.3 is 16.4 Å². The second-order valence-electron chi connectivity index (χ2n) is 6.38. The van der Waals surface area contributed by atoms with Gasteiger partial charge in [0.1, 0.15) is 17.3 Å². The van der Waals surface area contributed by atoms with Crippen LogP contribution >= 0.6 is 0 Å². The summed E-state index contributed by atoms with van der Waals surface area (Å²) in [7, 11) is 0. The molecule has 2 aromatic heterocycles. The first-order valence-electron chi connectivity index (χ1n) is 8.67. The molecule has 1 fully saturated rings. The minimum atomic E-state index is -4.71.